The van der Waals surface area contributed by atoms with Gasteiger partial charge < -0.3 is 5.32 Å². The summed E-state index contributed by atoms with van der Waals surface area (Å²) in [6, 6.07) is 8.07. The average molecular weight is 273 g/mol. The van der Waals surface area contributed by atoms with E-state index in [2.05, 4.69) is 20.5 Å². The summed E-state index contributed by atoms with van der Waals surface area (Å²) in [7, 11) is 0. The van der Waals surface area contributed by atoms with E-state index in [0.717, 1.165) is 12.0 Å². The van der Waals surface area contributed by atoms with Crippen LogP contribution in [0, 0.1) is 5.82 Å². The minimum absolute atomic E-state index is 0.238. The van der Waals surface area contributed by atoms with Gasteiger partial charge >= 0.3 is 5.69 Å². The smallest absolute Gasteiger partial charge is 0.348 e. The first-order valence-corrected chi connectivity index (χ1v) is 6.13. The standard InChI is InChI=1S/C13H12FN5O/c14-10-3-1-9(2-4-10)5-6-15-11-7-12-17-18-13(20)19(12)8-16-11/h1-4,7-8,15H,5-6H2,(H,18,20). The van der Waals surface area contributed by atoms with Crippen LogP contribution in [0.5, 0.6) is 0 Å². The average Bonchev–Trinajstić information content (AvgIpc) is 2.82. The van der Waals surface area contributed by atoms with Gasteiger partial charge in [0.2, 0.25) is 0 Å². The van der Waals surface area contributed by atoms with Crippen LogP contribution in [-0.2, 0) is 6.42 Å². The van der Waals surface area contributed by atoms with E-state index in [4.69, 9.17) is 0 Å². The van der Waals surface area contributed by atoms with E-state index in [1.54, 1.807) is 18.2 Å². The summed E-state index contributed by atoms with van der Waals surface area (Å²) in [5.74, 6) is 0.399. The molecule has 20 heavy (non-hydrogen) atoms. The van der Waals surface area contributed by atoms with Crippen LogP contribution >= 0.6 is 0 Å². The van der Waals surface area contributed by atoms with E-state index >= 15 is 0 Å². The molecule has 3 rings (SSSR count). The Balaban J connectivity index is 1.64. The maximum atomic E-state index is 12.8. The minimum atomic E-state index is -0.314. The summed E-state index contributed by atoms with van der Waals surface area (Å²) in [5, 5.41) is 9.34. The highest BCUT2D eigenvalue weighted by Gasteiger charge is 2.02. The quantitative estimate of drug-likeness (QED) is 0.749. The summed E-state index contributed by atoms with van der Waals surface area (Å²) in [5.41, 5.74) is 1.23. The zero-order valence-corrected chi connectivity index (χ0v) is 10.5. The number of hydrogen-bond acceptors (Lipinski definition) is 4. The second-order valence-electron chi connectivity index (χ2n) is 4.33. The van der Waals surface area contributed by atoms with Crippen LogP contribution in [0.25, 0.3) is 5.65 Å². The van der Waals surface area contributed by atoms with Crippen LogP contribution in [0.15, 0.2) is 41.5 Å². The van der Waals surface area contributed by atoms with E-state index in [1.807, 2.05) is 0 Å². The van der Waals surface area contributed by atoms with Crippen molar-refractivity contribution in [2.75, 3.05) is 11.9 Å². The van der Waals surface area contributed by atoms with Gasteiger partial charge in [-0.05, 0) is 24.1 Å². The van der Waals surface area contributed by atoms with E-state index in [9.17, 15) is 9.18 Å². The van der Waals surface area contributed by atoms with Gasteiger partial charge in [-0.25, -0.2) is 23.7 Å². The Morgan fingerprint density at radius 2 is 2.10 bits per heavy atom. The van der Waals surface area contributed by atoms with E-state index < -0.39 is 0 Å². The van der Waals surface area contributed by atoms with Crippen molar-refractivity contribution in [1.82, 2.24) is 19.6 Å². The van der Waals surface area contributed by atoms with Gasteiger partial charge in [0.05, 0.1) is 0 Å². The molecule has 0 radical (unpaired) electrons. The topological polar surface area (TPSA) is 75.1 Å². The lowest BCUT2D eigenvalue weighted by molar-refractivity contribution is 0.627. The Kier molecular flexibility index (Phi) is 3.16. The molecular formula is C13H12FN5O. The van der Waals surface area contributed by atoms with Crippen molar-refractivity contribution in [3.63, 3.8) is 0 Å². The second-order valence-corrected chi connectivity index (χ2v) is 4.33. The fourth-order valence-electron chi connectivity index (χ4n) is 1.89. The van der Waals surface area contributed by atoms with Gasteiger partial charge in [-0.1, -0.05) is 12.1 Å². The second kappa shape index (κ2) is 5.12. The molecule has 0 saturated carbocycles. The molecule has 0 fully saturated rings. The maximum absolute atomic E-state index is 12.8. The summed E-state index contributed by atoms with van der Waals surface area (Å²) >= 11 is 0. The van der Waals surface area contributed by atoms with Crippen LogP contribution in [0.4, 0.5) is 10.2 Å². The van der Waals surface area contributed by atoms with Gasteiger partial charge in [-0.15, -0.1) is 0 Å². The monoisotopic (exact) mass is 273 g/mol. The number of aromatic nitrogens is 4. The molecule has 7 heteroatoms. The van der Waals surface area contributed by atoms with E-state index in [-0.39, 0.29) is 11.5 Å². The molecule has 0 aliphatic rings. The molecule has 0 amide bonds. The van der Waals surface area contributed by atoms with E-state index in [0.29, 0.717) is 18.0 Å². The molecule has 2 heterocycles. The fraction of sp³-hybridized carbons (Fsp3) is 0.154. The Hall–Kier alpha value is -2.70. The predicted octanol–water partition coefficient (Wildman–Crippen LogP) is 1.21. The number of nitrogens with zero attached hydrogens (tertiary/aromatic N) is 3. The predicted molar refractivity (Wildman–Crippen MR) is 72.2 cm³/mol. The molecule has 0 bridgehead atoms. The number of hydrogen-bond donors (Lipinski definition) is 2. The van der Waals surface area contributed by atoms with Gasteiger partial charge in [0, 0.05) is 12.6 Å². The third kappa shape index (κ3) is 2.51. The number of nitrogens with one attached hydrogen (secondary N) is 2. The first-order chi connectivity index (χ1) is 9.72. The Morgan fingerprint density at radius 1 is 1.30 bits per heavy atom. The zero-order valence-electron chi connectivity index (χ0n) is 10.5. The molecule has 3 aromatic rings. The highest BCUT2D eigenvalue weighted by Crippen LogP contribution is 2.06. The van der Waals surface area contributed by atoms with Crippen molar-refractivity contribution in [2.45, 2.75) is 6.42 Å². The summed E-state index contributed by atoms with van der Waals surface area (Å²) < 4.78 is 14.1. The van der Waals surface area contributed by atoms with Crippen molar-refractivity contribution in [3.05, 3.63) is 58.5 Å². The molecule has 6 nitrogen and oxygen atoms in total. The number of benzene rings is 1. The molecule has 0 saturated heterocycles. The van der Waals surface area contributed by atoms with Crippen molar-refractivity contribution < 1.29 is 4.39 Å². The van der Waals surface area contributed by atoms with Crippen molar-refractivity contribution >= 4 is 11.5 Å². The molecule has 2 N–H and O–H groups in total. The molecule has 0 spiro atoms. The molecule has 0 atom stereocenters. The normalized spacial score (nSPS) is 10.8. The van der Waals surface area contributed by atoms with Crippen LogP contribution in [0.1, 0.15) is 5.56 Å². The van der Waals surface area contributed by atoms with Crippen LogP contribution in [0.2, 0.25) is 0 Å². The van der Waals surface area contributed by atoms with Crippen LogP contribution in [0.3, 0.4) is 0 Å². The number of aromatic amines is 1. The fourth-order valence-corrected chi connectivity index (χ4v) is 1.89. The Morgan fingerprint density at radius 3 is 2.90 bits per heavy atom. The summed E-state index contributed by atoms with van der Waals surface area (Å²) in [6.07, 6.45) is 2.17. The molecule has 0 aliphatic heterocycles. The van der Waals surface area contributed by atoms with Crippen molar-refractivity contribution in [1.29, 1.82) is 0 Å². The lowest BCUT2D eigenvalue weighted by Gasteiger charge is -2.05. The van der Waals surface area contributed by atoms with Crippen LogP contribution < -0.4 is 11.0 Å². The Labute approximate surface area is 113 Å². The van der Waals surface area contributed by atoms with Gasteiger partial charge in [-0.2, -0.15) is 5.10 Å². The first-order valence-electron chi connectivity index (χ1n) is 6.13. The molecule has 0 aliphatic carbocycles. The number of fused-ring (bicyclic) bond motifs is 1. The largest absolute Gasteiger partial charge is 0.370 e. The van der Waals surface area contributed by atoms with Gasteiger partial charge in [-0.3, -0.25) is 0 Å². The molecule has 0 unspecified atom stereocenters. The first kappa shape index (κ1) is 12.3. The van der Waals surface area contributed by atoms with E-state index in [1.165, 1.54) is 22.9 Å². The van der Waals surface area contributed by atoms with Gasteiger partial charge in [0.15, 0.2) is 5.65 Å². The molecule has 1 aromatic carbocycles. The number of halogens is 1. The van der Waals surface area contributed by atoms with Gasteiger partial charge in [0.25, 0.3) is 0 Å². The molecule has 102 valence electrons. The maximum Gasteiger partial charge on any atom is 0.348 e. The van der Waals surface area contributed by atoms with Crippen molar-refractivity contribution in [2.24, 2.45) is 0 Å². The lowest BCUT2D eigenvalue weighted by Crippen LogP contribution is -2.11. The number of anilines is 1. The van der Waals surface area contributed by atoms with Crippen molar-refractivity contribution in [3.8, 4) is 0 Å². The SMILES string of the molecule is O=c1[nH]nc2cc(NCCc3ccc(F)cc3)ncn12. The third-order valence-corrected chi connectivity index (χ3v) is 2.94. The van der Waals surface area contributed by atoms with Crippen LogP contribution in [-0.4, -0.2) is 26.1 Å². The van der Waals surface area contributed by atoms with Gasteiger partial charge in [0.1, 0.15) is 18.0 Å². The third-order valence-electron chi connectivity index (χ3n) is 2.94. The Bertz CT molecular complexity index is 777. The summed E-state index contributed by atoms with van der Waals surface area (Å²) in [6.45, 7) is 0.656. The lowest BCUT2D eigenvalue weighted by atomic mass is 10.1. The number of rotatable bonds is 4. The summed E-state index contributed by atoms with van der Waals surface area (Å²) in [4.78, 5) is 15.4. The number of H-pyrrole nitrogens is 1. The minimum Gasteiger partial charge on any atom is -0.370 e. The highest BCUT2D eigenvalue weighted by atomic mass is 19.1. The molecule has 2 aromatic heterocycles. The molecular weight excluding hydrogens is 261 g/mol. The highest BCUT2D eigenvalue weighted by molar-refractivity contribution is 5.48. The zero-order chi connectivity index (χ0) is 13.9.